The van der Waals surface area contributed by atoms with Gasteiger partial charge < -0.3 is 14.7 Å². The molecule has 0 aromatic heterocycles. The molecule has 2 fully saturated rings. The Bertz CT molecular complexity index is 989. The van der Waals surface area contributed by atoms with Gasteiger partial charge in [-0.2, -0.15) is 0 Å². The van der Waals surface area contributed by atoms with Crippen molar-refractivity contribution in [3.8, 4) is 0 Å². The Morgan fingerprint density at radius 1 is 0.935 bits per heavy atom. The van der Waals surface area contributed by atoms with Gasteiger partial charge in [-0.15, -0.1) is 0 Å². The van der Waals surface area contributed by atoms with Crippen LogP contribution in [0.4, 0.5) is 0 Å². The van der Waals surface area contributed by atoms with Crippen LogP contribution in [0.3, 0.4) is 0 Å². The number of aliphatic hydroxyl groups excluding tert-OH is 1. The molecule has 1 atom stereocenters. The fourth-order valence-corrected chi connectivity index (χ4v) is 4.15. The molecule has 6 nitrogen and oxygen atoms in total. The summed E-state index contributed by atoms with van der Waals surface area (Å²) >= 11 is 0. The highest BCUT2D eigenvalue weighted by molar-refractivity contribution is 6.46. The maximum Gasteiger partial charge on any atom is 0.295 e. The number of nitrogens with zero attached hydrogens (tertiary/aromatic N) is 2. The van der Waals surface area contributed by atoms with E-state index in [0.29, 0.717) is 31.9 Å². The summed E-state index contributed by atoms with van der Waals surface area (Å²) in [5.41, 5.74) is 3.65. The smallest absolute Gasteiger partial charge is 0.295 e. The standard InChI is InChI=1S/C25H28N2O4/c1-17-3-7-19(8-4-17)22-21(23(28)20-9-5-18(2)6-10-20)24(29)25(30)27(22)12-11-26-13-15-31-16-14-26/h3-10,22,28H,11-16H2,1-2H3/b23-21-. The molecule has 0 saturated carbocycles. The number of carbonyl (C=O) groups is 2. The molecule has 2 aromatic carbocycles. The van der Waals surface area contributed by atoms with Crippen molar-refractivity contribution in [2.45, 2.75) is 19.9 Å². The first-order chi connectivity index (χ1) is 15.0. The van der Waals surface area contributed by atoms with E-state index in [2.05, 4.69) is 4.90 Å². The molecular formula is C25H28N2O4. The highest BCUT2D eigenvalue weighted by atomic mass is 16.5. The van der Waals surface area contributed by atoms with Gasteiger partial charge in [-0.05, 0) is 19.4 Å². The predicted molar refractivity (Wildman–Crippen MR) is 119 cm³/mol. The highest BCUT2D eigenvalue weighted by Gasteiger charge is 2.46. The van der Waals surface area contributed by atoms with Crippen molar-refractivity contribution in [1.29, 1.82) is 0 Å². The first-order valence-electron chi connectivity index (χ1n) is 10.7. The molecule has 0 bridgehead atoms. The molecule has 31 heavy (non-hydrogen) atoms. The monoisotopic (exact) mass is 420 g/mol. The van der Waals surface area contributed by atoms with E-state index in [9.17, 15) is 14.7 Å². The van der Waals surface area contributed by atoms with E-state index in [-0.39, 0.29) is 11.3 Å². The molecule has 162 valence electrons. The molecule has 1 amide bonds. The number of aliphatic hydroxyl groups is 1. The van der Waals surface area contributed by atoms with E-state index in [0.717, 1.165) is 29.8 Å². The molecule has 2 aliphatic rings. The van der Waals surface area contributed by atoms with Crippen molar-refractivity contribution < 1.29 is 19.4 Å². The van der Waals surface area contributed by atoms with Crippen LogP contribution in [0.5, 0.6) is 0 Å². The van der Waals surface area contributed by atoms with E-state index in [1.165, 1.54) is 0 Å². The lowest BCUT2D eigenvalue weighted by Gasteiger charge is -2.31. The Morgan fingerprint density at radius 2 is 1.52 bits per heavy atom. The molecule has 2 aliphatic heterocycles. The Labute approximate surface area is 182 Å². The van der Waals surface area contributed by atoms with Crippen molar-refractivity contribution in [3.05, 3.63) is 76.4 Å². The summed E-state index contributed by atoms with van der Waals surface area (Å²) < 4.78 is 5.40. The number of likely N-dealkylation sites (tertiary alicyclic amines) is 1. The van der Waals surface area contributed by atoms with Crippen LogP contribution in [-0.2, 0) is 14.3 Å². The average Bonchev–Trinajstić information content (AvgIpc) is 3.04. The van der Waals surface area contributed by atoms with Crippen LogP contribution >= 0.6 is 0 Å². The van der Waals surface area contributed by atoms with E-state index < -0.39 is 17.7 Å². The van der Waals surface area contributed by atoms with Gasteiger partial charge in [-0.1, -0.05) is 59.7 Å². The molecule has 0 aliphatic carbocycles. The van der Waals surface area contributed by atoms with E-state index >= 15 is 0 Å². The van der Waals surface area contributed by atoms with Crippen LogP contribution in [0.2, 0.25) is 0 Å². The van der Waals surface area contributed by atoms with Crippen LogP contribution in [0.25, 0.3) is 5.76 Å². The number of hydrogen-bond donors (Lipinski definition) is 1. The Balaban J connectivity index is 1.72. The first kappa shape index (κ1) is 21.3. The van der Waals surface area contributed by atoms with Gasteiger partial charge in [0.2, 0.25) is 0 Å². The van der Waals surface area contributed by atoms with E-state index in [4.69, 9.17) is 4.74 Å². The van der Waals surface area contributed by atoms with Gasteiger partial charge in [-0.25, -0.2) is 0 Å². The third-order valence-corrected chi connectivity index (χ3v) is 6.02. The third kappa shape index (κ3) is 4.40. The SMILES string of the molecule is Cc1ccc(/C(O)=C2/C(=O)C(=O)N(CCN3CCOCC3)C2c2ccc(C)cc2)cc1. The summed E-state index contributed by atoms with van der Waals surface area (Å²) in [6.45, 7) is 7.98. The van der Waals surface area contributed by atoms with Gasteiger partial charge in [0.1, 0.15) is 5.76 Å². The molecule has 1 N–H and O–H groups in total. The number of morpholine rings is 1. The van der Waals surface area contributed by atoms with Crippen molar-refractivity contribution >= 4 is 17.4 Å². The van der Waals surface area contributed by atoms with Crippen LogP contribution in [0.15, 0.2) is 54.1 Å². The van der Waals surface area contributed by atoms with Crippen LogP contribution in [0.1, 0.15) is 28.3 Å². The number of hydrogen-bond acceptors (Lipinski definition) is 5. The summed E-state index contributed by atoms with van der Waals surface area (Å²) in [7, 11) is 0. The van der Waals surface area contributed by atoms with Gasteiger partial charge in [-0.3, -0.25) is 14.5 Å². The van der Waals surface area contributed by atoms with Crippen LogP contribution in [0, 0.1) is 13.8 Å². The summed E-state index contributed by atoms with van der Waals surface area (Å²) in [5, 5.41) is 11.1. The number of Topliss-reactive ketones (excluding diaryl/α,β-unsaturated/α-hetero) is 1. The van der Waals surface area contributed by atoms with Gasteiger partial charge >= 0.3 is 0 Å². The molecule has 1 unspecified atom stereocenters. The van der Waals surface area contributed by atoms with Gasteiger partial charge in [0.05, 0.1) is 24.8 Å². The van der Waals surface area contributed by atoms with Crippen molar-refractivity contribution in [2.75, 3.05) is 39.4 Å². The zero-order chi connectivity index (χ0) is 22.0. The number of carbonyl (C=O) groups excluding carboxylic acids is 2. The zero-order valence-electron chi connectivity index (χ0n) is 18.0. The Hall–Kier alpha value is -2.96. The molecule has 2 aromatic rings. The number of benzene rings is 2. The summed E-state index contributed by atoms with van der Waals surface area (Å²) in [5.74, 6) is -1.32. The largest absolute Gasteiger partial charge is 0.507 e. The van der Waals surface area contributed by atoms with Crippen LogP contribution < -0.4 is 0 Å². The maximum absolute atomic E-state index is 13.1. The fourth-order valence-electron chi connectivity index (χ4n) is 4.15. The normalized spacial score (nSPS) is 21.6. The zero-order valence-corrected chi connectivity index (χ0v) is 18.0. The van der Waals surface area contributed by atoms with E-state index in [1.807, 2.05) is 50.2 Å². The Morgan fingerprint density at radius 3 is 2.13 bits per heavy atom. The fraction of sp³-hybridized carbons (Fsp3) is 0.360. The lowest BCUT2D eigenvalue weighted by atomic mass is 9.94. The highest BCUT2D eigenvalue weighted by Crippen LogP contribution is 2.39. The number of ether oxygens (including phenoxy) is 1. The number of rotatable bonds is 5. The Kier molecular flexibility index (Phi) is 6.20. The minimum Gasteiger partial charge on any atom is -0.507 e. The maximum atomic E-state index is 13.1. The molecule has 2 saturated heterocycles. The first-order valence-corrected chi connectivity index (χ1v) is 10.7. The van der Waals surface area contributed by atoms with Gasteiger partial charge in [0, 0.05) is 31.7 Å². The predicted octanol–water partition coefficient (Wildman–Crippen LogP) is 3.06. The second-order valence-electron chi connectivity index (χ2n) is 8.22. The van der Waals surface area contributed by atoms with Gasteiger partial charge in [0.15, 0.2) is 0 Å². The summed E-state index contributed by atoms with van der Waals surface area (Å²) in [6, 6.07) is 14.5. The third-order valence-electron chi connectivity index (χ3n) is 6.02. The van der Waals surface area contributed by atoms with E-state index in [1.54, 1.807) is 17.0 Å². The molecule has 6 heteroatoms. The number of amides is 1. The van der Waals surface area contributed by atoms with Crippen molar-refractivity contribution in [3.63, 3.8) is 0 Å². The van der Waals surface area contributed by atoms with Crippen LogP contribution in [-0.4, -0.2) is 66.0 Å². The van der Waals surface area contributed by atoms with Crippen molar-refractivity contribution in [1.82, 2.24) is 9.80 Å². The molecule has 2 heterocycles. The molecule has 4 rings (SSSR count). The minimum atomic E-state index is -0.634. The lowest BCUT2D eigenvalue weighted by molar-refractivity contribution is -0.140. The average molecular weight is 421 g/mol. The lowest BCUT2D eigenvalue weighted by Crippen LogP contribution is -2.42. The molecular weight excluding hydrogens is 392 g/mol. The second-order valence-corrected chi connectivity index (χ2v) is 8.22. The molecule has 0 spiro atoms. The summed E-state index contributed by atoms with van der Waals surface area (Å²) in [6.07, 6.45) is 0. The minimum absolute atomic E-state index is 0.127. The number of ketones is 1. The quantitative estimate of drug-likeness (QED) is 0.457. The summed E-state index contributed by atoms with van der Waals surface area (Å²) in [4.78, 5) is 29.9. The van der Waals surface area contributed by atoms with Crippen molar-refractivity contribution in [2.24, 2.45) is 0 Å². The topological polar surface area (TPSA) is 70.1 Å². The van der Waals surface area contributed by atoms with Gasteiger partial charge in [0.25, 0.3) is 11.7 Å². The number of aryl methyl sites for hydroxylation is 2. The molecule has 0 radical (unpaired) electrons. The second kappa shape index (κ2) is 9.04.